The minimum absolute atomic E-state index is 0.164. The van der Waals surface area contributed by atoms with Crippen molar-refractivity contribution < 1.29 is 4.42 Å². The van der Waals surface area contributed by atoms with Gasteiger partial charge >= 0.3 is 0 Å². The van der Waals surface area contributed by atoms with E-state index in [-0.39, 0.29) is 6.04 Å². The van der Waals surface area contributed by atoms with Gasteiger partial charge in [0.1, 0.15) is 0 Å². The van der Waals surface area contributed by atoms with Gasteiger partial charge in [-0.05, 0) is 32.4 Å². The third-order valence-electron chi connectivity index (χ3n) is 4.03. The lowest BCUT2D eigenvalue weighted by atomic mass is 10.00. The molecule has 20 heavy (non-hydrogen) atoms. The van der Waals surface area contributed by atoms with Crippen molar-refractivity contribution >= 4 is 0 Å². The minimum atomic E-state index is 0.164. The summed E-state index contributed by atoms with van der Waals surface area (Å²) in [6.07, 6.45) is 7.55. The molecule has 1 aliphatic heterocycles. The normalized spacial score (nSPS) is 22.0. The maximum atomic E-state index is 5.60. The van der Waals surface area contributed by atoms with Crippen LogP contribution in [0.4, 0.5) is 0 Å². The van der Waals surface area contributed by atoms with E-state index >= 15 is 0 Å². The Balaban J connectivity index is 1.74. The van der Waals surface area contributed by atoms with Gasteiger partial charge in [0.15, 0.2) is 0 Å². The minimum Gasteiger partial charge on any atom is -0.424 e. The second-order valence-corrected chi connectivity index (χ2v) is 5.45. The summed E-state index contributed by atoms with van der Waals surface area (Å²) in [6.45, 7) is 5.98. The van der Waals surface area contributed by atoms with E-state index in [1.165, 1.54) is 19.3 Å². The van der Waals surface area contributed by atoms with Gasteiger partial charge in [0.05, 0.1) is 12.6 Å². The first kappa shape index (κ1) is 13.3. The molecular formula is C14H21N5O. The second kappa shape index (κ2) is 5.75. The number of aryl methyl sites for hydroxylation is 1. The molecule has 3 heterocycles. The van der Waals surface area contributed by atoms with Crippen molar-refractivity contribution in [2.75, 3.05) is 6.54 Å². The van der Waals surface area contributed by atoms with Crippen LogP contribution in [0.3, 0.4) is 0 Å². The lowest BCUT2D eigenvalue weighted by Crippen LogP contribution is -2.43. The SMILES string of the molecule is Cc1nnc([C@H](C)N2CCCC[C@H]2Cn2cccn2)o1. The molecule has 1 aliphatic rings. The topological polar surface area (TPSA) is 60.0 Å². The summed E-state index contributed by atoms with van der Waals surface area (Å²) in [6, 6.07) is 2.61. The maximum Gasteiger partial charge on any atom is 0.233 e. The molecule has 2 atom stereocenters. The second-order valence-electron chi connectivity index (χ2n) is 5.45. The van der Waals surface area contributed by atoms with Gasteiger partial charge in [-0.1, -0.05) is 6.42 Å². The van der Waals surface area contributed by atoms with Crippen LogP contribution in [-0.2, 0) is 6.54 Å². The van der Waals surface area contributed by atoms with Gasteiger partial charge < -0.3 is 4.42 Å². The molecule has 2 aromatic heterocycles. The highest BCUT2D eigenvalue weighted by Gasteiger charge is 2.30. The van der Waals surface area contributed by atoms with Crippen molar-refractivity contribution in [1.82, 2.24) is 24.9 Å². The van der Waals surface area contributed by atoms with Gasteiger partial charge in [-0.15, -0.1) is 10.2 Å². The summed E-state index contributed by atoms with van der Waals surface area (Å²) in [7, 11) is 0. The molecule has 6 nitrogen and oxygen atoms in total. The number of hydrogen-bond donors (Lipinski definition) is 0. The molecule has 6 heteroatoms. The van der Waals surface area contributed by atoms with E-state index in [0.29, 0.717) is 11.9 Å². The molecule has 0 aliphatic carbocycles. The number of nitrogens with zero attached hydrogens (tertiary/aromatic N) is 5. The van der Waals surface area contributed by atoms with Gasteiger partial charge in [-0.2, -0.15) is 5.10 Å². The van der Waals surface area contributed by atoms with Crippen LogP contribution in [0, 0.1) is 6.92 Å². The molecule has 0 spiro atoms. The summed E-state index contributed by atoms with van der Waals surface area (Å²) in [5.74, 6) is 1.35. The lowest BCUT2D eigenvalue weighted by molar-refractivity contribution is 0.0748. The number of hydrogen-bond acceptors (Lipinski definition) is 5. The van der Waals surface area contributed by atoms with Crippen LogP contribution in [0.1, 0.15) is 44.0 Å². The highest BCUT2D eigenvalue weighted by Crippen LogP contribution is 2.28. The van der Waals surface area contributed by atoms with E-state index in [1.54, 1.807) is 0 Å². The molecule has 0 amide bonds. The van der Waals surface area contributed by atoms with Crippen molar-refractivity contribution in [1.29, 1.82) is 0 Å². The Kier molecular flexibility index (Phi) is 3.82. The van der Waals surface area contributed by atoms with Crippen LogP contribution in [-0.4, -0.2) is 37.5 Å². The van der Waals surface area contributed by atoms with Crippen LogP contribution in [0.5, 0.6) is 0 Å². The number of aromatic nitrogens is 4. The summed E-state index contributed by atoms with van der Waals surface area (Å²) in [5.41, 5.74) is 0. The van der Waals surface area contributed by atoms with Gasteiger partial charge in [-0.3, -0.25) is 9.58 Å². The van der Waals surface area contributed by atoms with E-state index in [0.717, 1.165) is 19.0 Å². The average Bonchev–Trinajstić information content (AvgIpc) is 3.10. The molecule has 1 saturated heterocycles. The summed E-state index contributed by atoms with van der Waals surface area (Å²) in [4.78, 5) is 2.47. The van der Waals surface area contributed by atoms with E-state index in [1.807, 2.05) is 30.1 Å². The fourth-order valence-electron chi connectivity index (χ4n) is 2.98. The van der Waals surface area contributed by atoms with E-state index in [4.69, 9.17) is 4.42 Å². The Hall–Kier alpha value is -1.69. The molecular weight excluding hydrogens is 254 g/mol. The van der Waals surface area contributed by atoms with Crippen molar-refractivity contribution in [2.45, 2.75) is 51.7 Å². The predicted octanol–water partition coefficient (Wildman–Crippen LogP) is 2.19. The lowest BCUT2D eigenvalue weighted by Gasteiger charge is -2.38. The number of piperidine rings is 1. The molecule has 0 N–H and O–H groups in total. The first-order valence-corrected chi connectivity index (χ1v) is 7.27. The smallest absolute Gasteiger partial charge is 0.233 e. The molecule has 0 unspecified atom stereocenters. The van der Waals surface area contributed by atoms with Crippen LogP contribution in [0.25, 0.3) is 0 Å². The van der Waals surface area contributed by atoms with E-state index in [9.17, 15) is 0 Å². The summed E-state index contributed by atoms with van der Waals surface area (Å²) >= 11 is 0. The first-order valence-electron chi connectivity index (χ1n) is 7.27. The molecule has 3 rings (SSSR count). The Bertz CT molecular complexity index is 536. The summed E-state index contributed by atoms with van der Waals surface area (Å²) < 4.78 is 7.60. The summed E-state index contributed by atoms with van der Waals surface area (Å²) in [5, 5.41) is 12.4. The van der Waals surface area contributed by atoms with Crippen molar-refractivity contribution in [3.05, 3.63) is 30.2 Å². The van der Waals surface area contributed by atoms with Crippen LogP contribution >= 0.6 is 0 Å². The molecule has 0 saturated carbocycles. The Labute approximate surface area is 118 Å². The highest BCUT2D eigenvalue weighted by atomic mass is 16.4. The zero-order chi connectivity index (χ0) is 13.9. The van der Waals surface area contributed by atoms with Crippen molar-refractivity contribution in [3.63, 3.8) is 0 Å². The Morgan fingerprint density at radius 3 is 3.00 bits per heavy atom. The molecule has 0 aromatic carbocycles. The van der Waals surface area contributed by atoms with Crippen molar-refractivity contribution in [2.24, 2.45) is 0 Å². The predicted molar refractivity (Wildman–Crippen MR) is 74.0 cm³/mol. The highest BCUT2D eigenvalue weighted by molar-refractivity contribution is 4.92. The zero-order valence-electron chi connectivity index (χ0n) is 12.1. The largest absolute Gasteiger partial charge is 0.424 e. The van der Waals surface area contributed by atoms with Crippen molar-refractivity contribution in [3.8, 4) is 0 Å². The van der Waals surface area contributed by atoms with Crippen LogP contribution in [0.2, 0.25) is 0 Å². The van der Waals surface area contributed by atoms with Gasteiger partial charge in [0, 0.05) is 25.4 Å². The van der Waals surface area contributed by atoms with Gasteiger partial charge in [0.2, 0.25) is 11.8 Å². The first-order chi connectivity index (χ1) is 9.74. The maximum absolute atomic E-state index is 5.60. The monoisotopic (exact) mass is 275 g/mol. The Morgan fingerprint density at radius 2 is 2.30 bits per heavy atom. The average molecular weight is 275 g/mol. The molecule has 0 bridgehead atoms. The zero-order valence-corrected chi connectivity index (χ0v) is 12.1. The quantitative estimate of drug-likeness (QED) is 0.856. The number of likely N-dealkylation sites (tertiary alicyclic amines) is 1. The fraction of sp³-hybridized carbons (Fsp3) is 0.643. The fourth-order valence-corrected chi connectivity index (χ4v) is 2.98. The third kappa shape index (κ3) is 2.75. The molecule has 2 aromatic rings. The molecule has 0 radical (unpaired) electrons. The van der Waals surface area contributed by atoms with Crippen LogP contribution in [0.15, 0.2) is 22.9 Å². The van der Waals surface area contributed by atoms with Gasteiger partial charge in [0.25, 0.3) is 0 Å². The molecule has 108 valence electrons. The van der Waals surface area contributed by atoms with Gasteiger partial charge in [-0.25, -0.2) is 0 Å². The van der Waals surface area contributed by atoms with E-state index < -0.39 is 0 Å². The van der Waals surface area contributed by atoms with E-state index in [2.05, 4.69) is 27.1 Å². The standard InChI is InChI=1S/C14H21N5O/c1-11(14-17-16-12(2)20-14)19-9-4-3-6-13(19)10-18-8-5-7-15-18/h5,7-8,11,13H,3-4,6,9-10H2,1-2H3/t11-,13-/m0/s1. The Morgan fingerprint density at radius 1 is 1.40 bits per heavy atom. The third-order valence-corrected chi connectivity index (χ3v) is 4.03. The number of rotatable bonds is 4. The molecule has 1 fully saturated rings. The van der Waals surface area contributed by atoms with Crippen LogP contribution < -0.4 is 0 Å².